The largest absolute Gasteiger partial charge is 0.460 e. The monoisotopic (exact) mass is 348 g/mol. The highest BCUT2D eigenvalue weighted by Crippen LogP contribution is 2.65. The van der Waals surface area contributed by atoms with E-state index in [1.165, 1.54) is 13.3 Å². The quantitative estimate of drug-likeness (QED) is 0.737. The zero-order valence-electron chi connectivity index (χ0n) is 15.8. The van der Waals surface area contributed by atoms with Crippen molar-refractivity contribution in [2.24, 2.45) is 34.5 Å². The molecule has 4 fully saturated rings. The van der Waals surface area contributed by atoms with Crippen molar-refractivity contribution in [3.8, 4) is 0 Å². The van der Waals surface area contributed by atoms with Gasteiger partial charge in [-0.1, -0.05) is 13.8 Å². The molecule has 0 aromatic heterocycles. The molecule has 4 aliphatic carbocycles. The van der Waals surface area contributed by atoms with Gasteiger partial charge in [-0.25, -0.2) is 0 Å². The molecule has 0 aliphatic heterocycles. The van der Waals surface area contributed by atoms with Gasteiger partial charge in [0.05, 0.1) is 6.10 Å². The van der Waals surface area contributed by atoms with Crippen LogP contribution in [0.5, 0.6) is 0 Å². The van der Waals surface area contributed by atoms with Crippen LogP contribution in [-0.4, -0.2) is 29.1 Å². The Labute approximate surface area is 150 Å². The third-order valence-electron chi connectivity index (χ3n) is 8.69. The van der Waals surface area contributed by atoms with Crippen molar-refractivity contribution in [3.05, 3.63) is 0 Å². The maximum atomic E-state index is 12.5. The molecule has 0 amide bonds. The molecule has 25 heavy (non-hydrogen) atoms. The van der Waals surface area contributed by atoms with Gasteiger partial charge < -0.3 is 9.84 Å². The third-order valence-corrected chi connectivity index (χ3v) is 8.69. The first-order valence-corrected chi connectivity index (χ1v) is 10.1. The van der Waals surface area contributed by atoms with Crippen LogP contribution >= 0.6 is 0 Å². The third kappa shape index (κ3) is 2.50. The van der Waals surface area contributed by atoms with Crippen molar-refractivity contribution >= 4 is 11.8 Å². The lowest BCUT2D eigenvalue weighted by Crippen LogP contribution is -2.57. The molecule has 4 saturated carbocycles. The molecular formula is C21H32O4. The summed E-state index contributed by atoms with van der Waals surface area (Å²) >= 11 is 0. The molecule has 0 saturated heterocycles. The molecule has 1 N–H and O–H groups in total. The average molecular weight is 348 g/mol. The fourth-order valence-corrected chi connectivity index (χ4v) is 7.36. The second-order valence-electron chi connectivity index (χ2n) is 9.73. The van der Waals surface area contributed by atoms with Crippen molar-refractivity contribution in [1.82, 2.24) is 0 Å². The summed E-state index contributed by atoms with van der Waals surface area (Å²) in [5, 5.41) is 10.5. The number of carbonyl (C=O) groups is 2. The topological polar surface area (TPSA) is 63.6 Å². The van der Waals surface area contributed by atoms with E-state index >= 15 is 0 Å². The number of aliphatic hydroxyl groups excluding tert-OH is 1. The molecule has 4 nitrogen and oxygen atoms in total. The molecule has 8 atom stereocenters. The summed E-state index contributed by atoms with van der Waals surface area (Å²) in [7, 11) is 0. The summed E-state index contributed by atoms with van der Waals surface area (Å²) in [6.45, 7) is 6.02. The van der Waals surface area contributed by atoms with E-state index in [2.05, 4.69) is 13.8 Å². The van der Waals surface area contributed by atoms with E-state index in [9.17, 15) is 14.7 Å². The number of esters is 1. The highest BCUT2D eigenvalue weighted by atomic mass is 16.6. The Morgan fingerprint density at radius 3 is 2.64 bits per heavy atom. The number of fused-ring (bicyclic) bond motifs is 5. The maximum absolute atomic E-state index is 12.5. The summed E-state index contributed by atoms with van der Waals surface area (Å²) in [6, 6.07) is 0. The molecule has 0 bridgehead atoms. The van der Waals surface area contributed by atoms with Gasteiger partial charge in [0.25, 0.3) is 0 Å². The Kier molecular flexibility index (Phi) is 4.06. The van der Waals surface area contributed by atoms with Crippen LogP contribution in [0.1, 0.15) is 72.1 Å². The molecule has 4 heteroatoms. The predicted molar refractivity (Wildman–Crippen MR) is 93.7 cm³/mol. The first-order valence-electron chi connectivity index (χ1n) is 10.1. The van der Waals surface area contributed by atoms with Crippen molar-refractivity contribution in [1.29, 1.82) is 0 Å². The van der Waals surface area contributed by atoms with E-state index in [-0.39, 0.29) is 22.9 Å². The van der Waals surface area contributed by atoms with Gasteiger partial charge in [0.2, 0.25) is 0 Å². The Balaban J connectivity index is 1.61. The minimum atomic E-state index is -0.527. The average Bonchev–Trinajstić information content (AvgIpc) is 2.84. The lowest BCUT2D eigenvalue weighted by Gasteiger charge is -2.60. The minimum absolute atomic E-state index is 0.0895. The highest BCUT2D eigenvalue weighted by Gasteiger charge is 2.61. The molecule has 4 aliphatic rings. The zero-order valence-corrected chi connectivity index (χ0v) is 15.8. The number of ether oxygens (including phenoxy) is 1. The van der Waals surface area contributed by atoms with E-state index < -0.39 is 6.10 Å². The normalized spacial score (nSPS) is 52.1. The standard InChI is InChI=1S/C21H32O4/c1-12(22)25-18-11-21(3)13(10-17(18)23)4-5-14-15-6-7-19(24)20(15,2)9-8-16(14)21/h13-18,23H,4-11H2,1-3H3. The lowest BCUT2D eigenvalue weighted by atomic mass is 9.45. The number of aliphatic hydroxyl groups is 1. The van der Waals surface area contributed by atoms with Crippen LogP contribution in [0.2, 0.25) is 0 Å². The predicted octanol–water partition coefficient (Wildman–Crippen LogP) is 3.50. The fourth-order valence-electron chi connectivity index (χ4n) is 7.36. The Hall–Kier alpha value is -0.900. The molecule has 4 rings (SSSR count). The summed E-state index contributed by atoms with van der Waals surface area (Å²) < 4.78 is 5.48. The molecule has 140 valence electrons. The number of rotatable bonds is 1. The molecular weight excluding hydrogens is 316 g/mol. The van der Waals surface area contributed by atoms with Gasteiger partial charge >= 0.3 is 5.97 Å². The van der Waals surface area contributed by atoms with Gasteiger partial charge in [-0.3, -0.25) is 9.59 Å². The molecule has 0 aromatic rings. The summed E-state index contributed by atoms with van der Waals surface area (Å²) in [4.78, 5) is 24.0. The number of Topliss-reactive ketones (excluding diaryl/α,β-unsaturated/α-hetero) is 1. The Bertz CT molecular complexity index is 586. The van der Waals surface area contributed by atoms with Crippen LogP contribution in [0.4, 0.5) is 0 Å². The van der Waals surface area contributed by atoms with Gasteiger partial charge in [0.1, 0.15) is 11.9 Å². The zero-order chi connectivity index (χ0) is 18.0. The molecule has 8 unspecified atom stereocenters. The van der Waals surface area contributed by atoms with E-state index in [0.717, 1.165) is 44.9 Å². The number of hydrogen-bond acceptors (Lipinski definition) is 4. The van der Waals surface area contributed by atoms with E-state index in [1.54, 1.807) is 0 Å². The smallest absolute Gasteiger partial charge is 0.302 e. The summed E-state index contributed by atoms with van der Waals surface area (Å²) in [5.74, 6) is 2.46. The molecule has 0 aromatic carbocycles. The van der Waals surface area contributed by atoms with Gasteiger partial charge in [-0.15, -0.1) is 0 Å². The minimum Gasteiger partial charge on any atom is -0.460 e. The number of carbonyl (C=O) groups excluding carboxylic acids is 2. The SMILES string of the molecule is CC(=O)OC1CC2(C)C(CCC3C4CCC(=O)C4(C)CCC32)CC1O. The van der Waals surface area contributed by atoms with Crippen LogP contribution in [-0.2, 0) is 14.3 Å². The second kappa shape index (κ2) is 5.80. The Morgan fingerprint density at radius 1 is 1.16 bits per heavy atom. The van der Waals surface area contributed by atoms with Crippen LogP contribution in [0, 0.1) is 34.5 Å². The van der Waals surface area contributed by atoms with Crippen LogP contribution in [0.25, 0.3) is 0 Å². The van der Waals surface area contributed by atoms with Crippen LogP contribution < -0.4 is 0 Å². The van der Waals surface area contributed by atoms with Crippen LogP contribution in [0.3, 0.4) is 0 Å². The van der Waals surface area contributed by atoms with Gasteiger partial charge in [0.15, 0.2) is 0 Å². The fraction of sp³-hybridized carbons (Fsp3) is 0.905. The van der Waals surface area contributed by atoms with Gasteiger partial charge in [0, 0.05) is 18.8 Å². The molecule has 0 heterocycles. The van der Waals surface area contributed by atoms with E-state index in [1.807, 2.05) is 0 Å². The maximum Gasteiger partial charge on any atom is 0.302 e. The van der Waals surface area contributed by atoms with Crippen molar-refractivity contribution in [2.45, 2.75) is 84.3 Å². The van der Waals surface area contributed by atoms with Gasteiger partial charge in [-0.2, -0.15) is 0 Å². The molecule has 0 spiro atoms. The summed E-state index contributed by atoms with van der Waals surface area (Å²) in [5.41, 5.74) is 0.0308. The second-order valence-corrected chi connectivity index (χ2v) is 9.73. The Morgan fingerprint density at radius 2 is 1.92 bits per heavy atom. The van der Waals surface area contributed by atoms with Crippen molar-refractivity contribution in [2.75, 3.05) is 0 Å². The number of hydrogen-bond donors (Lipinski definition) is 1. The van der Waals surface area contributed by atoms with E-state index in [0.29, 0.717) is 29.5 Å². The first-order chi connectivity index (χ1) is 11.8. The molecule has 0 radical (unpaired) electrons. The van der Waals surface area contributed by atoms with Gasteiger partial charge in [-0.05, 0) is 74.0 Å². The number of ketones is 1. The van der Waals surface area contributed by atoms with Crippen molar-refractivity contribution < 1.29 is 19.4 Å². The summed E-state index contributed by atoms with van der Waals surface area (Å²) in [6.07, 6.45) is 6.92. The van der Waals surface area contributed by atoms with E-state index in [4.69, 9.17) is 4.74 Å². The lowest BCUT2D eigenvalue weighted by molar-refractivity contribution is -0.182. The van der Waals surface area contributed by atoms with Crippen molar-refractivity contribution in [3.63, 3.8) is 0 Å². The first kappa shape index (κ1) is 17.5. The highest BCUT2D eigenvalue weighted by molar-refractivity contribution is 5.87. The van der Waals surface area contributed by atoms with Crippen LogP contribution in [0.15, 0.2) is 0 Å².